The van der Waals surface area contributed by atoms with Crippen LogP contribution in [0.25, 0.3) is 0 Å². The molecular formula is C14H28O. The van der Waals surface area contributed by atoms with Gasteiger partial charge in [0.25, 0.3) is 0 Å². The molecule has 2 aliphatic rings. The molecule has 0 radical (unpaired) electrons. The third-order valence-electron chi connectivity index (χ3n) is 4.37. The molecule has 0 aliphatic heterocycles. The first-order chi connectivity index (χ1) is 7.00. The zero-order valence-corrected chi connectivity index (χ0v) is 11.6. The van der Waals surface area contributed by atoms with Gasteiger partial charge in [0.2, 0.25) is 0 Å². The topological polar surface area (TPSA) is 17.1 Å². The molecule has 0 aromatic rings. The maximum Gasteiger partial charge on any atom is 0.136 e. The van der Waals surface area contributed by atoms with Crippen LogP contribution in [0.15, 0.2) is 0 Å². The van der Waals surface area contributed by atoms with Crippen molar-refractivity contribution in [2.45, 2.75) is 67.7 Å². The van der Waals surface area contributed by atoms with Crippen LogP contribution in [0.3, 0.4) is 0 Å². The van der Waals surface area contributed by atoms with Crippen molar-refractivity contribution in [3.05, 3.63) is 0 Å². The lowest BCUT2D eigenvalue weighted by atomic mass is 9.74. The predicted octanol–water partition coefficient (Wildman–Crippen LogP) is 4.45. The molecule has 3 unspecified atom stereocenters. The third kappa shape index (κ3) is 2.26. The van der Waals surface area contributed by atoms with Gasteiger partial charge in [-0.25, -0.2) is 0 Å². The molecule has 0 aromatic heterocycles. The maximum atomic E-state index is 11.4. The number of hydrogen-bond donors (Lipinski definition) is 0. The number of carbonyl (C=O) groups excluding carboxylic acids is 1. The fourth-order valence-electron chi connectivity index (χ4n) is 2.79. The Labute approximate surface area is 95.6 Å². The monoisotopic (exact) mass is 212 g/mol. The summed E-state index contributed by atoms with van der Waals surface area (Å²) >= 11 is 0. The van der Waals surface area contributed by atoms with E-state index >= 15 is 0 Å². The summed E-state index contributed by atoms with van der Waals surface area (Å²) in [6.45, 7) is 14.7. The molecule has 1 heteroatoms. The van der Waals surface area contributed by atoms with E-state index in [9.17, 15) is 4.79 Å². The van der Waals surface area contributed by atoms with Gasteiger partial charge in [0, 0.05) is 12.3 Å². The SMILES string of the molecule is CC.CC.CC1C(=O)CCC2(C)CC12C. The number of hydrogen-bond acceptors (Lipinski definition) is 1. The smallest absolute Gasteiger partial charge is 0.136 e. The van der Waals surface area contributed by atoms with E-state index in [4.69, 9.17) is 0 Å². The minimum atomic E-state index is 0.321. The summed E-state index contributed by atoms with van der Waals surface area (Å²) in [4.78, 5) is 11.4. The third-order valence-corrected chi connectivity index (χ3v) is 4.37. The summed E-state index contributed by atoms with van der Waals surface area (Å²) in [6, 6.07) is 0. The molecule has 0 saturated heterocycles. The van der Waals surface area contributed by atoms with Crippen LogP contribution in [0.5, 0.6) is 0 Å². The Morgan fingerprint density at radius 1 is 1.13 bits per heavy atom. The van der Waals surface area contributed by atoms with Gasteiger partial charge in [-0.15, -0.1) is 0 Å². The van der Waals surface area contributed by atoms with Crippen LogP contribution in [-0.4, -0.2) is 5.78 Å². The van der Waals surface area contributed by atoms with Crippen LogP contribution in [0, 0.1) is 16.7 Å². The van der Waals surface area contributed by atoms with Crippen LogP contribution in [0.1, 0.15) is 67.7 Å². The Bertz CT molecular complexity index is 221. The Balaban J connectivity index is 0.000000442. The lowest BCUT2D eigenvalue weighted by molar-refractivity contribution is -0.127. The van der Waals surface area contributed by atoms with Crippen LogP contribution in [-0.2, 0) is 4.79 Å². The summed E-state index contributed by atoms with van der Waals surface area (Å²) in [7, 11) is 0. The molecule has 15 heavy (non-hydrogen) atoms. The molecule has 0 heterocycles. The highest BCUT2D eigenvalue weighted by molar-refractivity contribution is 5.83. The molecule has 0 spiro atoms. The summed E-state index contributed by atoms with van der Waals surface area (Å²) in [6.07, 6.45) is 3.23. The normalized spacial score (nSPS) is 41.5. The molecule has 2 fully saturated rings. The minimum absolute atomic E-state index is 0.321. The molecular weight excluding hydrogens is 184 g/mol. The van der Waals surface area contributed by atoms with Gasteiger partial charge in [-0.2, -0.15) is 0 Å². The average Bonchev–Trinajstić information content (AvgIpc) is 2.85. The highest BCUT2D eigenvalue weighted by Crippen LogP contribution is 2.72. The highest BCUT2D eigenvalue weighted by Gasteiger charge is 2.66. The standard InChI is InChI=1S/C10H16O.2C2H6/c1-7-8(11)4-5-9(2)6-10(7,9)3;2*1-2/h7H,4-6H2,1-3H3;2*1-2H3. The van der Waals surface area contributed by atoms with Crippen LogP contribution >= 0.6 is 0 Å². The molecule has 2 rings (SSSR count). The first kappa shape index (κ1) is 14.7. The van der Waals surface area contributed by atoms with Crippen molar-refractivity contribution < 1.29 is 4.79 Å². The first-order valence-corrected chi connectivity index (χ1v) is 6.52. The molecule has 2 aliphatic carbocycles. The van der Waals surface area contributed by atoms with Crippen LogP contribution in [0.4, 0.5) is 0 Å². The predicted molar refractivity (Wildman–Crippen MR) is 66.9 cm³/mol. The van der Waals surface area contributed by atoms with E-state index < -0.39 is 0 Å². The Morgan fingerprint density at radius 3 is 2.00 bits per heavy atom. The van der Waals surface area contributed by atoms with Crippen molar-refractivity contribution in [2.24, 2.45) is 16.7 Å². The lowest BCUT2D eigenvalue weighted by Gasteiger charge is -2.29. The van der Waals surface area contributed by atoms with Gasteiger partial charge in [0.15, 0.2) is 0 Å². The quantitative estimate of drug-likeness (QED) is 0.579. The maximum absolute atomic E-state index is 11.4. The van der Waals surface area contributed by atoms with Gasteiger partial charge in [0.1, 0.15) is 5.78 Å². The molecule has 3 atom stereocenters. The lowest BCUT2D eigenvalue weighted by Crippen LogP contribution is -2.29. The second-order valence-electron chi connectivity index (χ2n) is 4.84. The van der Waals surface area contributed by atoms with Gasteiger partial charge in [-0.3, -0.25) is 4.79 Å². The van der Waals surface area contributed by atoms with Gasteiger partial charge in [0.05, 0.1) is 0 Å². The number of Topliss-reactive ketones (excluding diaryl/α,β-unsaturated/α-hetero) is 1. The largest absolute Gasteiger partial charge is 0.299 e. The minimum Gasteiger partial charge on any atom is -0.299 e. The molecule has 1 nitrogen and oxygen atoms in total. The number of ketones is 1. The summed E-state index contributed by atoms with van der Waals surface area (Å²) in [5.41, 5.74) is 0.878. The van der Waals surface area contributed by atoms with Gasteiger partial charge in [-0.1, -0.05) is 48.5 Å². The number of fused-ring (bicyclic) bond motifs is 1. The van der Waals surface area contributed by atoms with Gasteiger partial charge >= 0.3 is 0 Å². The second-order valence-corrected chi connectivity index (χ2v) is 4.84. The molecule has 90 valence electrons. The van der Waals surface area contributed by atoms with E-state index in [-0.39, 0.29) is 0 Å². The zero-order valence-electron chi connectivity index (χ0n) is 11.6. The van der Waals surface area contributed by atoms with E-state index in [2.05, 4.69) is 20.8 Å². The Morgan fingerprint density at radius 2 is 1.60 bits per heavy atom. The van der Waals surface area contributed by atoms with Crippen molar-refractivity contribution in [1.29, 1.82) is 0 Å². The van der Waals surface area contributed by atoms with Crippen molar-refractivity contribution >= 4 is 5.78 Å². The van der Waals surface area contributed by atoms with Crippen molar-refractivity contribution in [3.8, 4) is 0 Å². The molecule has 0 amide bonds. The van der Waals surface area contributed by atoms with Crippen LogP contribution < -0.4 is 0 Å². The molecule has 0 bridgehead atoms. The Hall–Kier alpha value is -0.330. The van der Waals surface area contributed by atoms with Crippen molar-refractivity contribution in [2.75, 3.05) is 0 Å². The first-order valence-electron chi connectivity index (χ1n) is 6.52. The average molecular weight is 212 g/mol. The van der Waals surface area contributed by atoms with Crippen LogP contribution in [0.2, 0.25) is 0 Å². The fraction of sp³-hybridized carbons (Fsp3) is 0.929. The van der Waals surface area contributed by atoms with E-state index in [1.165, 1.54) is 6.42 Å². The van der Waals surface area contributed by atoms with E-state index in [1.807, 2.05) is 27.7 Å². The number of rotatable bonds is 0. The Kier molecular flexibility index (Phi) is 5.02. The summed E-state index contributed by atoms with van der Waals surface area (Å²) in [5, 5.41) is 0. The highest BCUT2D eigenvalue weighted by atomic mass is 16.1. The molecule has 0 aromatic carbocycles. The van der Waals surface area contributed by atoms with Gasteiger partial charge in [-0.05, 0) is 23.7 Å². The number of carbonyl (C=O) groups is 1. The second kappa shape index (κ2) is 5.14. The van der Waals surface area contributed by atoms with Crippen molar-refractivity contribution in [1.82, 2.24) is 0 Å². The summed E-state index contributed by atoms with van der Waals surface area (Å²) < 4.78 is 0. The molecule has 0 N–H and O–H groups in total. The van der Waals surface area contributed by atoms with Crippen molar-refractivity contribution in [3.63, 3.8) is 0 Å². The van der Waals surface area contributed by atoms with E-state index in [1.54, 1.807) is 0 Å². The fourth-order valence-corrected chi connectivity index (χ4v) is 2.79. The van der Waals surface area contributed by atoms with E-state index in [0.717, 1.165) is 12.8 Å². The van der Waals surface area contributed by atoms with E-state index in [0.29, 0.717) is 22.5 Å². The van der Waals surface area contributed by atoms with Gasteiger partial charge < -0.3 is 0 Å². The summed E-state index contributed by atoms with van der Waals surface area (Å²) in [5.74, 6) is 0.809. The zero-order chi connectivity index (χ0) is 12.3. The molecule has 2 saturated carbocycles.